The molecular formula is C20H22ClN3. The van der Waals surface area contributed by atoms with Gasteiger partial charge in [-0.25, -0.2) is 0 Å². The van der Waals surface area contributed by atoms with Crippen LogP contribution < -0.4 is 5.73 Å². The zero-order chi connectivity index (χ0) is 17.0. The summed E-state index contributed by atoms with van der Waals surface area (Å²) in [7, 11) is 0. The van der Waals surface area contributed by atoms with Crippen molar-refractivity contribution in [3.63, 3.8) is 0 Å². The molecule has 0 saturated carbocycles. The van der Waals surface area contributed by atoms with Gasteiger partial charge in [0, 0.05) is 22.2 Å². The van der Waals surface area contributed by atoms with Crippen molar-refractivity contribution in [2.24, 2.45) is 5.73 Å². The molecule has 1 atom stereocenters. The van der Waals surface area contributed by atoms with E-state index in [1.54, 1.807) is 0 Å². The van der Waals surface area contributed by atoms with Crippen molar-refractivity contribution in [3.05, 3.63) is 77.1 Å². The van der Waals surface area contributed by atoms with Crippen LogP contribution in [-0.4, -0.2) is 16.7 Å². The topological polar surface area (TPSA) is 54.7 Å². The smallest absolute Gasteiger partial charge is 0.0565 e. The highest BCUT2D eigenvalue weighted by Crippen LogP contribution is 2.39. The Hall–Kier alpha value is -2.10. The summed E-state index contributed by atoms with van der Waals surface area (Å²) in [5.74, 6) is 0. The maximum atomic E-state index is 6.07. The minimum absolute atomic E-state index is 0.0890. The largest absolute Gasteiger partial charge is 0.330 e. The first-order valence-corrected chi connectivity index (χ1v) is 8.63. The van der Waals surface area contributed by atoms with Gasteiger partial charge in [0.2, 0.25) is 0 Å². The van der Waals surface area contributed by atoms with E-state index >= 15 is 0 Å². The Labute approximate surface area is 147 Å². The molecule has 2 aromatic carbocycles. The van der Waals surface area contributed by atoms with Gasteiger partial charge < -0.3 is 5.73 Å². The van der Waals surface area contributed by atoms with Gasteiger partial charge in [-0.15, -0.1) is 0 Å². The highest BCUT2D eigenvalue weighted by molar-refractivity contribution is 6.30. The molecule has 3 rings (SSSR count). The predicted molar refractivity (Wildman–Crippen MR) is 100 cm³/mol. The van der Waals surface area contributed by atoms with Crippen LogP contribution in [0.5, 0.6) is 0 Å². The first kappa shape index (κ1) is 16.7. The summed E-state index contributed by atoms with van der Waals surface area (Å²) in [6.45, 7) is 2.86. The molecule has 0 bridgehead atoms. The highest BCUT2D eigenvalue weighted by atomic mass is 35.5. The van der Waals surface area contributed by atoms with Crippen molar-refractivity contribution in [1.82, 2.24) is 10.2 Å². The molecule has 1 aromatic heterocycles. The maximum absolute atomic E-state index is 6.07. The number of H-pyrrole nitrogens is 1. The van der Waals surface area contributed by atoms with E-state index in [9.17, 15) is 0 Å². The Balaban J connectivity index is 2.03. The minimum Gasteiger partial charge on any atom is -0.330 e. The number of aromatic amines is 1. The SMILES string of the molecule is CCC(CCN)(c1ccc(Cl)cc1)c1ccc(-c2cn[nH]c2)cc1. The van der Waals surface area contributed by atoms with Gasteiger partial charge in [0.15, 0.2) is 0 Å². The number of rotatable bonds is 6. The summed E-state index contributed by atoms with van der Waals surface area (Å²) >= 11 is 6.07. The third kappa shape index (κ3) is 3.10. The van der Waals surface area contributed by atoms with Crippen LogP contribution in [0, 0.1) is 0 Å². The molecule has 24 heavy (non-hydrogen) atoms. The van der Waals surface area contributed by atoms with Gasteiger partial charge in [-0.2, -0.15) is 5.10 Å². The van der Waals surface area contributed by atoms with Gasteiger partial charge >= 0.3 is 0 Å². The monoisotopic (exact) mass is 339 g/mol. The number of nitrogens with one attached hydrogen (secondary N) is 1. The van der Waals surface area contributed by atoms with E-state index in [1.165, 1.54) is 11.1 Å². The third-order valence-corrected chi connectivity index (χ3v) is 5.09. The molecule has 3 N–H and O–H groups in total. The van der Waals surface area contributed by atoms with Crippen molar-refractivity contribution in [2.45, 2.75) is 25.2 Å². The van der Waals surface area contributed by atoms with Gasteiger partial charge in [-0.3, -0.25) is 5.10 Å². The van der Waals surface area contributed by atoms with E-state index in [-0.39, 0.29) is 5.41 Å². The molecule has 1 unspecified atom stereocenters. The maximum Gasteiger partial charge on any atom is 0.0565 e. The van der Waals surface area contributed by atoms with Crippen molar-refractivity contribution in [1.29, 1.82) is 0 Å². The highest BCUT2D eigenvalue weighted by Gasteiger charge is 2.31. The molecule has 0 amide bonds. The summed E-state index contributed by atoms with van der Waals surface area (Å²) in [5.41, 5.74) is 10.7. The molecule has 0 spiro atoms. The lowest BCUT2D eigenvalue weighted by Gasteiger charge is -2.34. The summed E-state index contributed by atoms with van der Waals surface area (Å²) in [6, 6.07) is 16.9. The van der Waals surface area contributed by atoms with Crippen LogP contribution in [0.1, 0.15) is 30.9 Å². The molecular weight excluding hydrogens is 318 g/mol. The van der Waals surface area contributed by atoms with E-state index in [4.69, 9.17) is 17.3 Å². The quantitative estimate of drug-likeness (QED) is 0.679. The first-order chi connectivity index (χ1) is 11.7. The summed E-state index contributed by atoms with van der Waals surface area (Å²) in [5, 5.41) is 7.63. The number of hydrogen-bond acceptors (Lipinski definition) is 2. The zero-order valence-corrected chi connectivity index (χ0v) is 14.6. The predicted octanol–water partition coefficient (Wildman–Crippen LogP) is 4.78. The molecule has 0 aliphatic carbocycles. The second-order valence-electron chi connectivity index (χ2n) is 6.05. The molecule has 0 aliphatic heterocycles. The lowest BCUT2D eigenvalue weighted by Crippen LogP contribution is -2.30. The van der Waals surface area contributed by atoms with Crippen LogP contribution in [-0.2, 0) is 5.41 Å². The molecule has 124 valence electrons. The normalized spacial score (nSPS) is 13.6. The summed E-state index contributed by atoms with van der Waals surface area (Å²) < 4.78 is 0. The van der Waals surface area contributed by atoms with Crippen LogP contribution in [0.4, 0.5) is 0 Å². The van der Waals surface area contributed by atoms with E-state index in [2.05, 4.69) is 53.5 Å². The summed E-state index contributed by atoms with van der Waals surface area (Å²) in [4.78, 5) is 0. The Morgan fingerprint density at radius 1 is 1.00 bits per heavy atom. The van der Waals surface area contributed by atoms with Gasteiger partial charge in [0.25, 0.3) is 0 Å². The van der Waals surface area contributed by atoms with Crippen molar-refractivity contribution in [2.75, 3.05) is 6.54 Å². The number of benzene rings is 2. The average molecular weight is 340 g/mol. The van der Waals surface area contributed by atoms with Crippen LogP contribution >= 0.6 is 11.6 Å². The van der Waals surface area contributed by atoms with E-state index in [1.807, 2.05) is 24.5 Å². The molecule has 3 nitrogen and oxygen atoms in total. The lowest BCUT2D eigenvalue weighted by atomic mass is 9.70. The number of halogens is 1. The Kier molecular flexibility index (Phi) is 5.03. The fraction of sp³-hybridized carbons (Fsp3) is 0.250. The Morgan fingerprint density at radius 2 is 1.62 bits per heavy atom. The molecule has 0 aliphatic rings. The number of nitrogens with two attached hydrogens (primary N) is 1. The second-order valence-corrected chi connectivity index (χ2v) is 6.48. The van der Waals surface area contributed by atoms with Crippen molar-refractivity contribution >= 4 is 11.6 Å². The van der Waals surface area contributed by atoms with Gasteiger partial charge in [0.05, 0.1) is 6.20 Å². The molecule has 0 saturated heterocycles. The lowest BCUT2D eigenvalue weighted by molar-refractivity contribution is 0.463. The van der Waals surface area contributed by atoms with Crippen LogP contribution in [0.3, 0.4) is 0 Å². The summed E-state index contributed by atoms with van der Waals surface area (Å²) in [6.07, 6.45) is 5.62. The average Bonchev–Trinajstić information content (AvgIpc) is 3.15. The van der Waals surface area contributed by atoms with E-state index in [0.29, 0.717) is 6.54 Å². The molecule has 1 heterocycles. The minimum atomic E-state index is -0.0890. The van der Waals surface area contributed by atoms with Crippen molar-refractivity contribution in [3.8, 4) is 11.1 Å². The third-order valence-electron chi connectivity index (χ3n) is 4.84. The zero-order valence-electron chi connectivity index (χ0n) is 13.8. The number of nitrogens with zero attached hydrogens (tertiary/aromatic N) is 1. The van der Waals surface area contributed by atoms with Crippen LogP contribution in [0.25, 0.3) is 11.1 Å². The molecule has 0 radical (unpaired) electrons. The second kappa shape index (κ2) is 7.20. The first-order valence-electron chi connectivity index (χ1n) is 8.25. The Morgan fingerprint density at radius 3 is 2.12 bits per heavy atom. The standard InChI is InChI=1S/C20H22ClN3/c1-2-20(11-12-22,18-7-9-19(21)10-8-18)17-5-3-15(4-6-17)16-13-23-24-14-16/h3-10,13-14H,2,11-12,22H2,1H3,(H,23,24). The van der Waals surface area contributed by atoms with Crippen molar-refractivity contribution < 1.29 is 0 Å². The molecule has 4 heteroatoms. The van der Waals surface area contributed by atoms with Gasteiger partial charge in [0.1, 0.15) is 0 Å². The van der Waals surface area contributed by atoms with E-state index in [0.717, 1.165) is 29.0 Å². The molecule has 3 aromatic rings. The number of hydrogen-bond donors (Lipinski definition) is 2. The fourth-order valence-electron chi connectivity index (χ4n) is 3.45. The Bertz CT molecular complexity index is 764. The van der Waals surface area contributed by atoms with Gasteiger partial charge in [-0.1, -0.05) is 54.9 Å². The molecule has 0 fully saturated rings. The van der Waals surface area contributed by atoms with Gasteiger partial charge in [-0.05, 0) is 48.2 Å². The fourth-order valence-corrected chi connectivity index (χ4v) is 3.57. The van der Waals surface area contributed by atoms with Crippen LogP contribution in [0.15, 0.2) is 60.9 Å². The van der Waals surface area contributed by atoms with Crippen LogP contribution in [0.2, 0.25) is 5.02 Å². The number of aromatic nitrogens is 2. The van der Waals surface area contributed by atoms with E-state index < -0.39 is 0 Å².